The van der Waals surface area contributed by atoms with Crippen LogP contribution in [0.5, 0.6) is 0 Å². The highest BCUT2D eigenvalue weighted by Crippen LogP contribution is 2.32. The molecule has 3 rings (SSSR count). The first-order chi connectivity index (χ1) is 10.6. The van der Waals surface area contributed by atoms with E-state index in [0.717, 1.165) is 28.1 Å². The van der Waals surface area contributed by atoms with E-state index in [0.29, 0.717) is 5.82 Å². The molecule has 2 aromatic heterocycles. The highest BCUT2D eigenvalue weighted by molar-refractivity contribution is 5.82. The van der Waals surface area contributed by atoms with Crippen molar-refractivity contribution in [3.05, 3.63) is 54.5 Å². The van der Waals surface area contributed by atoms with Crippen molar-refractivity contribution in [3.8, 4) is 11.1 Å². The van der Waals surface area contributed by atoms with Crippen LogP contribution in [0.1, 0.15) is 5.56 Å². The van der Waals surface area contributed by atoms with Gasteiger partial charge in [-0.2, -0.15) is 4.98 Å². The van der Waals surface area contributed by atoms with Crippen LogP contribution in [0.4, 0.5) is 23.1 Å². The highest BCUT2D eigenvalue weighted by Gasteiger charge is 2.08. The summed E-state index contributed by atoms with van der Waals surface area (Å²) in [5.74, 6) is 0.865. The zero-order valence-corrected chi connectivity index (χ0v) is 12.1. The number of rotatable bonds is 3. The highest BCUT2D eigenvalue weighted by atomic mass is 15.1. The van der Waals surface area contributed by atoms with Gasteiger partial charge in [-0.1, -0.05) is 0 Å². The second-order valence-electron chi connectivity index (χ2n) is 4.92. The van der Waals surface area contributed by atoms with E-state index in [9.17, 15) is 0 Å². The van der Waals surface area contributed by atoms with E-state index in [1.54, 1.807) is 24.7 Å². The molecule has 5 N–H and O–H groups in total. The first-order valence-electron chi connectivity index (χ1n) is 6.79. The third kappa shape index (κ3) is 2.80. The number of pyridine rings is 1. The number of anilines is 4. The summed E-state index contributed by atoms with van der Waals surface area (Å²) >= 11 is 0. The fourth-order valence-electron chi connectivity index (χ4n) is 2.23. The van der Waals surface area contributed by atoms with Gasteiger partial charge in [-0.05, 0) is 48.4 Å². The van der Waals surface area contributed by atoms with Crippen LogP contribution in [-0.4, -0.2) is 15.0 Å². The van der Waals surface area contributed by atoms with Gasteiger partial charge in [-0.15, -0.1) is 0 Å². The minimum Gasteiger partial charge on any atom is -0.398 e. The first kappa shape index (κ1) is 13.8. The molecule has 0 spiro atoms. The summed E-state index contributed by atoms with van der Waals surface area (Å²) in [6, 6.07) is 9.57. The smallest absolute Gasteiger partial charge is 0.221 e. The van der Waals surface area contributed by atoms with Gasteiger partial charge in [0.2, 0.25) is 5.95 Å². The minimum absolute atomic E-state index is 0.228. The fourth-order valence-corrected chi connectivity index (χ4v) is 2.23. The molecule has 0 aliphatic heterocycles. The third-order valence-electron chi connectivity index (χ3n) is 3.32. The number of nitrogens with zero attached hydrogens (tertiary/aromatic N) is 3. The molecule has 0 aliphatic carbocycles. The van der Waals surface area contributed by atoms with Gasteiger partial charge in [0.25, 0.3) is 0 Å². The average molecular weight is 292 g/mol. The molecule has 22 heavy (non-hydrogen) atoms. The number of hydrogen-bond acceptors (Lipinski definition) is 6. The second kappa shape index (κ2) is 5.69. The van der Waals surface area contributed by atoms with Gasteiger partial charge in [0.15, 0.2) is 0 Å². The van der Waals surface area contributed by atoms with E-state index in [4.69, 9.17) is 11.5 Å². The van der Waals surface area contributed by atoms with Crippen LogP contribution < -0.4 is 16.8 Å². The Hall–Kier alpha value is -3.15. The number of aromatic nitrogens is 3. The van der Waals surface area contributed by atoms with Gasteiger partial charge in [-0.25, -0.2) is 4.98 Å². The van der Waals surface area contributed by atoms with Crippen molar-refractivity contribution in [2.24, 2.45) is 0 Å². The lowest BCUT2D eigenvalue weighted by atomic mass is 10.0. The number of nitrogen functional groups attached to an aromatic ring is 2. The number of hydrogen-bond donors (Lipinski definition) is 3. The molecular weight excluding hydrogens is 276 g/mol. The van der Waals surface area contributed by atoms with Gasteiger partial charge in [-0.3, -0.25) is 4.98 Å². The van der Waals surface area contributed by atoms with Crippen molar-refractivity contribution in [1.29, 1.82) is 0 Å². The summed E-state index contributed by atoms with van der Waals surface area (Å²) < 4.78 is 0. The Bertz CT molecular complexity index is 801. The standard InChI is InChI=1S/C16H16N6/c1-10-8-12(21-14-4-7-20-16(18)22-14)9-13(15(10)17)11-2-5-19-6-3-11/h2-9H,17H2,1H3,(H3,18,20,21,22). The Balaban J connectivity index is 2.01. The van der Waals surface area contributed by atoms with Crippen molar-refractivity contribution >= 4 is 23.1 Å². The van der Waals surface area contributed by atoms with E-state index < -0.39 is 0 Å². The lowest BCUT2D eigenvalue weighted by molar-refractivity contribution is 1.18. The minimum atomic E-state index is 0.228. The maximum Gasteiger partial charge on any atom is 0.221 e. The second-order valence-corrected chi connectivity index (χ2v) is 4.92. The predicted molar refractivity (Wildman–Crippen MR) is 88.5 cm³/mol. The maximum absolute atomic E-state index is 6.21. The third-order valence-corrected chi connectivity index (χ3v) is 3.32. The van der Waals surface area contributed by atoms with Gasteiger partial charge < -0.3 is 16.8 Å². The number of nitrogens with one attached hydrogen (secondary N) is 1. The molecule has 0 amide bonds. The molecule has 0 aliphatic rings. The molecule has 0 bridgehead atoms. The Labute approximate surface area is 128 Å². The van der Waals surface area contributed by atoms with E-state index in [1.165, 1.54) is 0 Å². The molecule has 6 nitrogen and oxygen atoms in total. The van der Waals surface area contributed by atoms with Crippen molar-refractivity contribution in [2.45, 2.75) is 6.92 Å². The number of nitrogens with two attached hydrogens (primary N) is 2. The molecule has 110 valence electrons. The van der Waals surface area contributed by atoms with Crippen LogP contribution in [0.2, 0.25) is 0 Å². The van der Waals surface area contributed by atoms with Gasteiger partial charge in [0.05, 0.1) is 0 Å². The van der Waals surface area contributed by atoms with Crippen LogP contribution in [0, 0.1) is 6.92 Å². The van der Waals surface area contributed by atoms with E-state index in [1.807, 2.05) is 31.2 Å². The summed E-state index contributed by atoms with van der Waals surface area (Å²) in [5, 5.41) is 3.22. The largest absolute Gasteiger partial charge is 0.398 e. The van der Waals surface area contributed by atoms with Crippen LogP contribution in [0.3, 0.4) is 0 Å². The summed E-state index contributed by atoms with van der Waals surface area (Å²) in [6.45, 7) is 1.97. The summed E-state index contributed by atoms with van der Waals surface area (Å²) in [6.07, 6.45) is 5.10. The molecule has 0 atom stereocenters. The Morgan fingerprint density at radius 2 is 1.77 bits per heavy atom. The van der Waals surface area contributed by atoms with Crippen molar-refractivity contribution in [3.63, 3.8) is 0 Å². The lowest BCUT2D eigenvalue weighted by Gasteiger charge is -2.13. The quantitative estimate of drug-likeness (QED) is 0.641. The summed E-state index contributed by atoms with van der Waals surface area (Å²) in [5.41, 5.74) is 16.4. The Morgan fingerprint density at radius 1 is 1.00 bits per heavy atom. The molecule has 0 saturated heterocycles. The van der Waals surface area contributed by atoms with Crippen LogP contribution in [0.25, 0.3) is 11.1 Å². The van der Waals surface area contributed by atoms with E-state index in [-0.39, 0.29) is 5.95 Å². The molecule has 0 radical (unpaired) electrons. The fraction of sp³-hybridized carbons (Fsp3) is 0.0625. The van der Waals surface area contributed by atoms with E-state index >= 15 is 0 Å². The molecule has 0 unspecified atom stereocenters. The van der Waals surface area contributed by atoms with Crippen molar-refractivity contribution in [1.82, 2.24) is 15.0 Å². The van der Waals surface area contributed by atoms with Gasteiger partial charge in [0, 0.05) is 35.5 Å². The van der Waals surface area contributed by atoms with Crippen molar-refractivity contribution in [2.75, 3.05) is 16.8 Å². The first-order valence-corrected chi connectivity index (χ1v) is 6.79. The summed E-state index contributed by atoms with van der Waals surface area (Å²) in [7, 11) is 0. The predicted octanol–water partition coefficient (Wildman–Crippen LogP) is 2.76. The van der Waals surface area contributed by atoms with Crippen LogP contribution in [-0.2, 0) is 0 Å². The van der Waals surface area contributed by atoms with Gasteiger partial charge in [0.1, 0.15) is 5.82 Å². The van der Waals surface area contributed by atoms with Crippen LogP contribution in [0.15, 0.2) is 48.9 Å². The van der Waals surface area contributed by atoms with Crippen molar-refractivity contribution < 1.29 is 0 Å². The molecule has 0 fully saturated rings. The normalized spacial score (nSPS) is 10.4. The molecule has 1 aromatic carbocycles. The molecule has 6 heteroatoms. The molecular formula is C16H16N6. The zero-order chi connectivity index (χ0) is 15.5. The molecule has 3 aromatic rings. The SMILES string of the molecule is Cc1cc(Nc2ccnc(N)n2)cc(-c2ccncc2)c1N. The lowest BCUT2D eigenvalue weighted by Crippen LogP contribution is -2.01. The zero-order valence-electron chi connectivity index (χ0n) is 12.1. The average Bonchev–Trinajstić information content (AvgIpc) is 2.51. The Morgan fingerprint density at radius 3 is 2.50 bits per heavy atom. The maximum atomic E-state index is 6.21. The van der Waals surface area contributed by atoms with Gasteiger partial charge >= 0.3 is 0 Å². The van der Waals surface area contributed by atoms with Crippen LogP contribution >= 0.6 is 0 Å². The van der Waals surface area contributed by atoms with E-state index in [2.05, 4.69) is 20.3 Å². The monoisotopic (exact) mass is 292 g/mol. The summed E-state index contributed by atoms with van der Waals surface area (Å²) in [4.78, 5) is 12.1. The topological polar surface area (TPSA) is 103 Å². The Kier molecular flexibility index (Phi) is 3.57. The number of benzene rings is 1. The molecule has 2 heterocycles. The molecule has 0 saturated carbocycles. The number of aryl methyl sites for hydroxylation is 1.